The molecule has 0 aliphatic carbocycles. The molecule has 0 spiro atoms. The standard InChI is InChI=1S/C15H17N3O4/c16-13(19)6-5-12(15(21)22)18-14(20)7-9-8-17-11-4-2-1-3-10(9)11/h1-4,8,12,17H,5-7H2,(H2,16,19)(H,18,20)(H,21,22)/t12-/m0/s1. The number of aliphatic carboxylic acids is 1. The van der Waals surface area contributed by atoms with E-state index in [-0.39, 0.29) is 19.3 Å². The van der Waals surface area contributed by atoms with Gasteiger partial charge in [0.15, 0.2) is 0 Å². The molecule has 2 aromatic rings. The number of hydrogen-bond donors (Lipinski definition) is 4. The van der Waals surface area contributed by atoms with E-state index in [1.54, 1.807) is 6.20 Å². The Hall–Kier alpha value is -2.83. The number of hydrogen-bond acceptors (Lipinski definition) is 3. The predicted octanol–water partition coefficient (Wildman–Crippen LogP) is 0.545. The average molecular weight is 303 g/mol. The van der Waals surface area contributed by atoms with Gasteiger partial charge in [-0.25, -0.2) is 4.79 Å². The lowest BCUT2D eigenvalue weighted by Crippen LogP contribution is -2.42. The topological polar surface area (TPSA) is 125 Å². The van der Waals surface area contributed by atoms with E-state index in [4.69, 9.17) is 10.8 Å². The number of aromatic nitrogens is 1. The molecule has 0 saturated heterocycles. The van der Waals surface area contributed by atoms with Crippen molar-refractivity contribution in [3.05, 3.63) is 36.0 Å². The van der Waals surface area contributed by atoms with Gasteiger partial charge in [-0.2, -0.15) is 0 Å². The normalized spacial score (nSPS) is 12.0. The van der Waals surface area contributed by atoms with E-state index < -0.39 is 23.8 Å². The second-order valence-corrected chi connectivity index (χ2v) is 5.00. The number of rotatable bonds is 7. The molecule has 0 fully saturated rings. The highest BCUT2D eigenvalue weighted by Crippen LogP contribution is 2.18. The lowest BCUT2D eigenvalue weighted by molar-refractivity contribution is -0.142. The van der Waals surface area contributed by atoms with Crippen LogP contribution in [0.1, 0.15) is 18.4 Å². The van der Waals surface area contributed by atoms with Crippen LogP contribution >= 0.6 is 0 Å². The lowest BCUT2D eigenvalue weighted by Gasteiger charge is -2.13. The molecule has 1 aromatic carbocycles. The Kier molecular flexibility index (Phi) is 4.77. The molecule has 22 heavy (non-hydrogen) atoms. The number of nitrogens with one attached hydrogen (secondary N) is 2. The van der Waals surface area contributed by atoms with E-state index in [1.807, 2.05) is 24.3 Å². The monoisotopic (exact) mass is 303 g/mol. The minimum absolute atomic E-state index is 0.0235. The molecule has 0 saturated carbocycles. The first-order valence-electron chi connectivity index (χ1n) is 6.83. The smallest absolute Gasteiger partial charge is 0.326 e. The second-order valence-electron chi connectivity index (χ2n) is 5.00. The highest BCUT2D eigenvalue weighted by molar-refractivity contribution is 5.90. The molecule has 0 aliphatic rings. The van der Waals surface area contributed by atoms with E-state index in [0.717, 1.165) is 16.5 Å². The van der Waals surface area contributed by atoms with Gasteiger partial charge in [0.05, 0.1) is 6.42 Å². The summed E-state index contributed by atoms with van der Waals surface area (Å²) in [5, 5.41) is 12.4. The second kappa shape index (κ2) is 6.75. The highest BCUT2D eigenvalue weighted by Gasteiger charge is 2.21. The van der Waals surface area contributed by atoms with Gasteiger partial charge in [0, 0.05) is 23.5 Å². The summed E-state index contributed by atoms with van der Waals surface area (Å²) in [6.07, 6.45) is 1.67. The third-order valence-electron chi connectivity index (χ3n) is 3.34. The minimum atomic E-state index is -1.19. The van der Waals surface area contributed by atoms with Crippen molar-refractivity contribution in [2.24, 2.45) is 5.73 Å². The number of nitrogens with two attached hydrogens (primary N) is 1. The number of H-pyrrole nitrogens is 1. The Morgan fingerprint density at radius 3 is 2.68 bits per heavy atom. The Morgan fingerprint density at radius 2 is 2.00 bits per heavy atom. The number of carbonyl (C=O) groups excluding carboxylic acids is 2. The number of aromatic amines is 1. The zero-order valence-corrected chi connectivity index (χ0v) is 11.8. The number of amides is 2. The SMILES string of the molecule is NC(=O)CC[C@H](NC(=O)Cc1c[nH]c2ccccc12)C(=O)O. The number of carboxylic acids is 1. The Morgan fingerprint density at radius 1 is 1.27 bits per heavy atom. The van der Waals surface area contributed by atoms with E-state index in [0.29, 0.717) is 0 Å². The largest absolute Gasteiger partial charge is 0.480 e. The van der Waals surface area contributed by atoms with Crippen LogP contribution in [0.4, 0.5) is 0 Å². The molecule has 0 unspecified atom stereocenters. The third-order valence-corrected chi connectivity index (χ3v) is 3.34. The predicted molar refractivity (Wildman–Crippen MR) is 80.0 cm³/mol. The van der Waals surface area contributed by atoms with Crippen LogP contribution in [0.15, 0.2) is 30.5 Å². The fourth-order valence-corrected chi connectivity index (χ4v) is 2.24. The molecular weight excluding hydrogens is 286 g/mol. The van der Waals surface area contributed by atoms with Crippen molar-refractivity contribution in [3.63, 3.8) is 0 Å². The summed E-state index contributed by atoms with van der Waals surface area (Å²) in [6, 6.07) is 6.40. The van der Waals surface area contributed by atoms with E-state index in [9.17, 15) is 14.4 Å². The van der Waals surface area contributed by atoms with Gasteiger partial charge in [-0.1, -0.05) is 18.2 Å². The summed E-state index contributed by atoms with van der Waals surface area (Å²) in [4.78, 5) is 36.9. The first-order valence-corrected chi connectivity index (χ1v) is 6.83. The molecule has 0 bridgehead atoms. The molecule has 2 amide bonds. The van der Waals surface area contributed by atoms with E-state index in [1.165, 1.54) is 0 Å². The zero-order valence-electron chi connectivity index (χ0n) is 11.8. The van der Waals surface area contributed by atoms with Gasteiger partial charge >= 0.3 is 5.97 Å². The number of fused-ring (bicyclic) bond motifs is 1. The maximum Gasteiger partial charge on any atom is 0.326 e. The number of para-hydroxylation sites is 1. The molecule has 2 rings (SSSR count). The Bertz CT molecular complexity index is 708. The molecule has 5 N–H and O–H groups in total. The number of carboxylic acid groups (broad SMARTS) is 1. The maximum absolute atomic E-state index is 12.0. The molecule has 116 valence electrons. The molecule has 7 heteroatoms. The van der Waals surface area contributed by atoms with Gasteiger partial charge in [-0.15, -0.1) is 0 Å². The summed E-state index contributed by atoms with van der Waals surface area (Å²) < 4.78 is 0. The van der Waals surface area contributed by atoms with E-state index >= 15 is 0 Å². The first-order chi connectivity index (χ1) is 10.5. The molecular formula is C15H17N3O4. The summed E-state index contributed by atoms with van der Waals surface area (Å²) in [5.74, 6) is -2.20. The van der Waals surface area contributed by atoms with Crippen LogP contribution in [0.25, 0.3) is 10.9 Å². The maximum atomic E-state index is 12.0. The zero-order chi connectivity index (χ0) is 16.1. The van der Waals surface area contributed by atoms with Crippen molar-refractivity contribution in [2.45, 2.75) is 25.3 Å². The summed E-state index contributed by atoms with van der Waals surface area (Å²) in [6.45, 7) is 0. The first kappa shape index (κ1) is 15.6. The number of primary amides is 1. The molecule has 7 nitrogen and oxygen atoms in total. The van der Waals surface area contributed by atoms with Crippen molar-refractivity contribution in [1.82, 2.24) is 10.3 Å². The van der Waals surface area contributed by atoms with Crippen molar-refractivity contribution in [3.8, 4) is 0 Å². The van der Waals surface area contributed by atoms with Gasteiger partial charge in [0.25, 0.3) is 0 Å². The van der Waals surface area contributed by atoms with Crippen molar-refractivity contribution >= 4 is 28.7 Å². The summed E-state index contributed by atoms with van der Waals surface area (Å²) >= 11 is 0. The van der Waals surface area contributed by atoms with Gasteiger partial charge in [0.2, 0.25) is 11.8 Å². The molecule has 0 radical (unpaired) electrons. The summed E-state index contributed by atoms with van der Waals surface area (Å²) in [7, 11) is 0. The Labute approximate surface area is 126 Å². The van der Waals surface area contributed by atoms with Crippen LogP contribution in [-0.2, 0) is 20.8 Å². The lowest BCUT2D eigenvalue weighted by atomic mass is 10.1. The van der Waals surface area contributed by atoms with Gasteiger partial charge in [-0.05, 0) is 18.1 Å². The van der Waals surface area contributed by atoms with Gasteiger partial charge < -0.3 is 21.1 Å². The van der Waals surface area contributed by atoms with Crippen LogP contribution in [0.2, 0.25) is 0 Å². The van der Waals surface area contributed by atoms with Crippen molar-refractivity contribution in [2.75, 3.05) is 0 Å². The van der Waals surface area contributed by atoms with Crippen LogP contribution in [0.5, 0.6) is 0 Å². The van der Waals surface area contributed by atoms with Crippen LogP contribution in [-0.4, -0.2) is 33.9 Å². The van der Waals surface area contributed by atoms with E-state index in [2.05, 4.69) is 10.3 Å². The van der Waals surface area contributed by atoms with Gasteiger partial charge in [0.1, 0.15) is 6.04 Å². The quantitative estimate of drug-likeness (QED) is 0.595. The van der Waals surface area contributed by atoms with Crippen molar-refractivity contribution < 1.29 is 19.5 Å². The minimum Gasteiger partial charge on any atom is -0.480 e. The number of benzene rings is 1. The fraction of sp³-hybridized carbons (Fsp3) is 0.267. The van der Waals surface area contributed by atoms with Crippen LogP contribution < -0.4 is 11.1 Å². The molecule has 1 heterocycles. The molecule has 1 aromatic heterocycles. The third kappa shape index (κ3) is 3.85. The van der Waals surface area contributed by atoms with Crippen LogP contribution in [0, 0.1) is 0 Å². The van der Waals surface area contributed by atoms with Gasteiger partial charge in [-0.3, -0.25) is 9.59 Å². The van der Waals surface area contributed by atoms with Crippen molar-refractivity contribution in [1.29, 1.82) is 0 Å². The average Bonchev–Trinajstić information content (AvgIpc) is 2.86. The van der Waals surface area contributed by atoms with Crippen LogP contribution in [0.3, 0.4) is 0 Å². The Balaban J connectivity index is 2.01. The fourth-order valence-electron chi connectivity index (χ4n) is 2.24. The molecule has 0 aliphatic heterocycles. The highest BCUT2D eigenvalue weighted by atomic mass is 16.4. The molecule has 1 atom stereocenters. The summed E-state index contributed by atoms with van der Waals surface area (Å²) in [5.41, 5.74) is 6.69. The number of carbonyl (C=O) groups is 3.